The molecule has 2 aromatic carbocycles. The number of nitrogens with one attached hydrogen (secondary N) is 1. The van der Waals surface area contributed by atoms with Crippen molar-refractivity contribution >= 4 is 17.2 Å². The first kappa shape index (κ1) is 19.4. The van der Waals surface area contributed by atoms with Crippen molar-refractivity contribution in [1.29, 1.82) is 0 Å². The SMILES string of the molecule is Cc1ccc(CNC(=O)c2nnc(CN(C3CC3)[C@@H]3CCc4ccccc43)s2)cc1. The third kappa shape index (κ3) is 4.16. The third-order valence-electron chi connectivity index (χ3n) is 6.07. The lowest BCUT2D eigenvalue weighted by Gasteiger charge is -2.28. The normalized spacial score (nSPS) is 17.9. The van der Waals surface area contributed by atoms with Crippen LogP contribution >= 0.6 is 11.3 Å². The number of amides is 1. The minimum absolute atomic E-state index is 0.150. The van der Waals surface area contributed by atoms with Crippen molar-refractivity contribution in [3.63, 3.8) is 0 Å². The maximum absolute atomic E-state index is 12.5. The molecule has 0 spiro atoms. The summed E-state index contributed by atoms with van der Waals surface area (Å²) in [6.07, 6.45) is 4.81. The summed E-state index contributed by atoms with van der Waals surface area (Å²) in [6, 6.07) is 18.1. The average Bonchev–Trinajstić information content (AvgIpc) is 3.35. The summed E-state index contributed by atoms with van der Waals surface area (Å²) in [4.78, 5) is 15.1. The van der Waals surface area contributed by atoms with E-state index < -0.39 is 0 Å². The van der Waals surface area contributed by atoms with E-state index in [0.29, 0.717) is 23.6 Å². The number of aromatic nitrogens is 2. The Hall–Kier alpha value is -2.57. The molecule has 5 nitrogen and oxygen atoms in total. The highest BCUT2D eigenvalue weighted by Crippen LogP contribution is 2.42. The van der Waals surface area contributed by atoms with Crippen LogP contribution in [-0.2, 0) is 19.5 Å². The fourth-order valence-corrected chi connectivity index (χ4v) is 5.07. The minimum atomic E-state index is -0.150. The van der Waals surface area contributed by atoms with Crippen LogP contribution < -0.4 is 5.32 Å². The molecule has 1 amide bonds. The zero-order valence-corrected chi connectivity index (χ0v) is 18.0. The van der Waals surface area contributed by atoms with E-state index in [9.17, 15) is 4.79 Å². The second-order valence-electron chi connectivity index (χ2n) is 8.33. The van der Waals surface area contributed by atoms with Gasteiger partial charge in [-0.3, -0.25) is 9.69 Å². The lowest BCUT2D eigenvalue weighted by atomic mass is 10.1. The Morgan fingerprint density at radius 3 is 2.70 bits per heavy atom. The van der Waals surface area contributed by atoms with Crippen LogP contribution in [0.5, 0.6) is 0 Å². The van der Waals surface area contributed by atoms with Crippen LogP contribution in [0.2, 0.25) is 0 Å². The summed E-state index contributed by atoms with van der Waals surface area (Å²) >= 11 is 1.42. The molecule has 0 radical (unpaired) electrons. The van der Waals surface area contributed by atoms with Crippen molar-refractivity contribution < 1.29 is 4.79 Å². The molecule has 1 heterocycles. The maximum Gasteiger partial charge on any atom is 0.282 e. The zero-order chi connectivity index (χ0) is 20.5. The number of rotatable bonds is 7. The van der Waals surface area contributed by atoms with E-state index >= 15 is 0 Å². The summed E-state index contributed by atoms with van der Waals surface area (Å²) in [5, 5.41) is 12.9. The van der Waals surface area contributed by atoms with Crippen molar-refractivity contribution in [2.24, 2.45) is 0 Å². The lowest BCUT2D eigenvalue weighted by molar-refractivity contribution is 0.0950. The Balaban J connectivity index is 1.24. The number of nitrogens with zero attached hydrogens (tertiary/aromatic N) is 3. The predicted octanol–water partition coefficient (Wildman–Crippen LogP) is 4.43. The lowest BCUT2D eigenvalue weighted by Crippen LogP contribution is -2.29. The number of fused-ring (bicyclic) bond motifs is 1. The molecule has 0 aliphatic heterocycles. The number of carbonyl (C=O) groups is 1. The van der Waals surface area contributed by atoms with E-state index in [0.717, 1.165) is 23.5 Å². The van der Waals surface area contributed by atoms with Gasteiger partial charge in [-0.15, -0.1) is 10.2 Å². The van der Waals surface area contributed by atoms with Crippen LogP contribution in [0.3, 0.4) is 0 Å². The molecule has 1 saturated carbocycles. The summed E-state index contributed by atoms with van der Waals surface area (Å²) < 4.78 is 0. The van der Waals surface area contributed by atoms with Gasteiger partial charge in [0, 0.05) is 18.6 Å². The average molecular weight is 419 g/mol. The number of benzene rings is 2. The summed E-state index contributed by atoms with van der Waals surface area (Å²) in [5.74, 6) is -0.150. The first-order valence-electron chi connectivity index (χ1n) is 10.7. The smallest absolute Gasteiger partial charge is 0.282 e. The molecule has 3 aromatic rings. The van der Waals surface area contributed by atoms with Crippen molar-refractivity contribution in [3.8, 4) is 0 Å². The Kier molecular flexibility index (Phi) is 5.35. The van der Waals surface area contributed by atoms with Gasteiger partial charge in [0.1, 0.15) is 5.01 Å². The van der Waals surface area contributed by atoms with Crippen LogP contribution in [-0.4, -0.2) is 27.0 Å². The fraction of sp³-hybridized carbons (Fsp3) is 0.375. The molecule has 1 N–H and O–H groups in total. The van der Waals surface area contributed by atoms with Gasteiger partial charge in [0.15, 0.2) is 0 Å². The highest BCUT2D eigenvalue weighted by Gasteiger charge is 2.38. The van der Waals surface area contributed by atoms with E-state index in [2.05, 4.69) is 63.7 Å². The Labute approximate surface area is 181 Å². The first-order chi connectivity index (χ1) is 14.7. The molecule has 6 heteroatoms. The van der Waals surface area contributed by atoms with Gasteiger partial charge >= 0.3 is 0 Å². The van der Waals surface area contributed by atoms with Crippen LogP contribution in [0.1, 0.15) is 62.4 Å². The monoisotopic (exact) mass is 418 g/mol. The Morgan fingerprint density at radius 1 is 1.10 bits per heavy atom. The van der Waals surface area contributed by atoms with Gasteiger partial charge in [-0.05, 0) is 49.3 Å². The highest BCUT2D eigenvalue weighted by atomic mass is 32.1. The maximum atomic E-state index is 12.5. The Morgan fingerprint density at radius 2 is 1.90 bits per heavy atom. The van der Waals surface area contributed by atoms with Crippen LogP contribution in [0.15, 0.2) is 48.5 Å². The predicted molar refractivity (Wildman–Crippen MR) is 118 cm³/mol. The second kappa shape index (κ2) is 8.28. The van der Waals surface area contributed by atoms with E-state index in [4.69, 9.17) is 0 Å². The quantitative estimate of drug-likeness (QED) is 0.617. The van der Waals surface area contributed by atoms with Crippen molar-refractivity contribution in [3.05, 3.63) is 80.8 Å². The first-order valence-corrected chi connectivity index (χ1v) is 11.5. The standard InChI is InChI=1S/C24H26N4OS/c1-16-6-8-17(9-7-16)14-25-23(29)24-27-26-22(30-24)15-28(19-11-12-19)21-13-10-18-4-2-3-5-20(18)21/h2-9,19,21H,10-15H2,1H3,(H,25,29)/t21-/m1/s1. The third-order valence-corrected chi connectivity index (χ3v) is 6.98. The number of carbonyl (C=O) groups excluding carboxylic acids is 1. The Bertz CT molecular complexity index is 1040. The van der Waals surface area contributed by atoms with Gasteiger partial charge in [0.05, 0.1) is 6.54 Å². The van der Waals surface area contributed by atoms with Crippen molar-refractivity contribution in [2.75, 3.05) is 0 Å². The molecule has 5 rings (SSSR count). The highest BCUT2D eigenvalue weighted by molar-refractivity contribution is 7.13. The molecule has 0 unspecified atom stereocenters. The minimum Gasteiger partial charge on any atom is -0.346 e. The summed E-state index contributed by atoms with van der Waals surface area (Å²) in [5.41, 5.74) is 5.23. The molecule has 1 fully saturated rings. The molecule has 2 aliphatic rings. The molecular formula is C24H26N4OS. The number of hydrogen-bond donors (Lipinski definition) is 1. The van der Waals surface area contributed by atoms with Gasteiger partial charge in [-0.2, -0.15) is 0 Å². The van der Waals surface area contributed by atoms with Crippen molar-refractivity contribution in [1.82, 2.24) is 20.4 Å². The van der Waals surface area contributed by atoms with Gasteiger partial charge in [0.25, 0.3) is 5.91 Å². The van der Waals surface area contributed by atoms with Crippen molar-refractivity contribution in [2.45, 2.75) is 57.8 Å². The topological polar surface area (TPSA) is 58.1 Å². The molecule has 0 saturated heterocycles. The summed E-state index contributed by atoms with van der Waals surface area (Å²) in [6.45, 7) is 3.33. The van der Waals surface area contributed by atoms with Gasteiger partial charge in [-0.25, -0.2) is 0 Å². The van der Waals surface area contributed by atoms with Gasteiger partial charge in [-0.1, -0.05) is 65.4 Å². The molecule has 1 atom stereocenters. The van der Waals surface area contributed by atoms with Crippen LogP contribution in [0, 0.1) is 6.92 Å². The zero-order valence-electron chi connectivity index (χ0n) is 17.2. The van der Waals surface area contributed by atoms with Crippen LogP contribution in [0.25, 0.3) is 0 Å². The van der Waals surface area contributed by atoms with E-state index in [1.807, 2.05) is 12.1 Å². The number of hydrogen-bond acceptors (Lipinski definition) is 5. The summed E-state index contributed by atoms with van der Waals surface area (Å²) in [7, 11) is 0. The number of aryl methyl sites for hydroxylation is 2. The second-order valence-corrected chi connectivity index (χ2v) is 9.39. The largest absolute Gasteiger partial charge is 0.346 e. The molecule has 154 valence electrons. The molecule has 2 aliphatic carbocycles. The van der Waals surface area contributed by atoms with Gasteiger partial charge < -0.3 is 5.32 Å². The van der Waals surface area contributed by atoms with E-state index in [-0.39, 0.29) is 5.91 Å². The van der Waals surface area contributed by atoms with Gasteiger partial charge in [0.2, 0.25) is 5.01 Å². The molecule has 1 aromatic heterocycles. The van der Waals surface area contributed by atoms with E-state index in [1.54, 1.807) is 0 Å². The molecular weight excluding hydrogens is 392 g/mol. The van der Waals surface area contributed by atoms with E-state index in [1.165, 1.54) is 47.3 Å². The molecule has 30 heavy (non-hydrogen) atoms. The molecule has 0 bridgehead atoms. The fourth-order valence-electron chi connectivity index (χ4n) is 4.31. The van der Waals surface area contributed by atoms with Crippen LogP contribution in [0.4, 0.5) is 0 Å².